The Morgan fingerprint density at radius 2 is 2.04 bits per heavy atom. The molecule has 2 aromatic heterocycles. The highest BCUT2D eigenvalue weighted by Gasteiger charge is 2.30. The van der Waals surface area contributed by atoms with Crippen LogP contribution in [-0.2, 0) is 0 Å². The Hall–Kier alpha value is -2.31. The molecule has 1 aliphatic rings. The van der Waals surface area contributed by atoms with E-state index >= 15 is 0 Å². The van der Waals surface area contributed by atoms with Crippen molar-refractivity contribution in [1.82, 2.24) is 15.0 Å². The SMILES string of the molecule is Cc1ccc(C(=O)C2CCN(C(C)c3nc(-c4cccs4)no3)CC2)c(C)c1. The summed E-state index contributed by atoms with van der Waals surface area (Å²) in [6.07, 6.45) is 1.73. The molecule has 3 heterocycles. The van der Waals surface area contributed by atoms with Crippen LogP contribution in [-0.4, -0.2) is 33.9 Å². The topological polar surface area (TPSA) is 59.2 Å². The summed E-state index contributed by atoms with van der Waals surface area (Å²) in [5.74, 6) is 1.66. The summed E-state index contributed by atoms with van der Waals surface area (Å²) in [5, 5.41) is 6.12. The van der Waals surface area contributed by atoms with Gasteiger partial charge in [-0.05, 0) is 63.7 Å². The van der Waals surface area contributed by atoms with Gasteiger partial charge in [-0.25, -0.2) is 0 Å². The minimum atomic E-state index is 0.0541. The number of carbonyl (C=O) groups excluding carboxylic acids is 1. The molecule has 1 aliphatic heterocycles. The van der Waals surface area contributed by atoms with Crippen molar-refractivity contribution in [3.8, 4) is 10.7 Å². The van der Waals surface area contributed by atoms with Gasteiger partial charge in [0.25, 0.3) is 0 Å². The molecule has 0 aliphatic carbocycles. The van der Waals surface area contributed by atoms with Gasteiger partial charge >= 0.3 is 0 Å². The lowest BCUT2D eigenvalue weighted by Crippen LogP contribution is -2.38. The number of rotatable bonds is 5. The smallest absolute Gasteiger partial charge is 0.244 e. The van der Waals surface area contributed by atoms with Gasteiger partial charge in [-0.1, -0.05) is 35.0 Å². The van der Waals surface area contributed by atoms with E-state index in [1.807, 2.05) is 36.6 Å². The molecule has 3 aromatic rings. The van der Waals surface area contributed by atoms with Gasteiger partial charge in [0.05, 0.1) is 10.9 Å². The van der Waals surface area contributed by atoms with Gasteiger partial charge in [-0.3, -0.25) is 9.69 Å². The van der Waals surface area contributed by atoms with Crippen LogP contribution in [0, 0.1) is 19.8 Å². The molecule has 146 valence electrons. The Balaban J connectivity index is 1.39. The number of carbonyl (C=O) groups is 1. The van der Waals surface area contributed by atoms with E-state index in [0.717, 1.165) is 41.9 Å². The van der Waals surface area contributed by atoms with Gasteiger partial charge < -0.3 is 4.52 Å². The Kier molecular flexibility index (Phi) is 5.42. The van der Waals surface area contributed by atoms with E-state index in [4.69, 9.17) is 4.52 Å². The van der Waals surface area contributed by atoms with Crippen LogP contribution in [0.15, 0.2) is 40.2 Å². The van der Waals surface area contributed by atoms with Crippen molar-refractivity contribution in [3.05, 3.63) is 58.3 Å². The number of piperidine rings is 1. The zero-order valence-electron chi connectivity index (χ0n) is 16.5. The number of likely N-dealkylation sites (tertiary alicyclic amines) is 1. The lowest BCUT2D eigenvalue weighted by atomic mass is 9.86. The molecule has 1 saturated heterocycles. The number of Topliss-reactive ketones (excluding diaryl/α,β-unsaturated/α-hetero) is 1. The van der Waals surface area contributed by atoms with E-state index in [2.05, 4.69) is 35.0 Å². The van der Waals surface area contributed by atoms with Crippen molar-refractivity contribution in [2.24, 2.45) is 5.92 Å². The molecule has 4 rings (SSSR count). The first kappa shape index (κ1) is 19.0. The highest BCUT2D eigenvalue weighted by molar-refractivity contribution is 7.13. The summed E-state index contributed by atoms with van der Waals surface area (Å²) in [6, 6.07) is 10.1. The lowest BCUT2D eigenvalue weighted by Gasteiger charge is -2.34. The molecule has 0 N–H and O–H groups in total. The van der Waals surface area contributed by atoms with E-state index in [-0.39, 0.29) is 17.7 Å². The molecule has 0 spiro atoms. The Bertz CT molecular complexity index is 956. The third-order valence-electron chi connectivity index (χ3n) is 5.64. The van der Waals surface area contributed by atoms with Crippen LogP contribution in [0.3, 0.4) is 0 Å². The quantitative estimate of drug-likeness (QED) is 0.565. The second-order valence-electron chi connectivity index (χ2n) is 7.60. The summed E-state index contributed by atoms with van der Waals surface area (Å²) in [4.78, 5) is 20.9. The van der Waals surface area contributed by atoms with Crippen molar-refractivity contribution < 1.29 is 9.32 Å². The van der Waals surface area contributed by atoms with Gasteiger partial charge in [-0.15, -0.1) is 11.3 Å². The molecule has 0 radical (unpaired) electrons. The van der Waals surface area contributed by atoms with Gasteiger partial charge in [-0.2, -0.15) is 4.98 Å². The Morgan fingerprint density at radius 1 is 1.25 bits per heavy atom. The largest absolute Gasteiger partial charge is 0.337 e. The minimum absolute atomic E-state index is 0.0541. The average Bonchev–Trinajstić information content (AvgIpc) is 3.39. The molecule has 6 heteroatoms. The molecule has 1 atom stereocenters. The Morgan fingerprint density at radius 3 is 2.71 bits per heavy atom. The second-order valence-corrected chi connectivity index (χ2v) is 8.55. The van der Waals surface area contributed by atoms with Gasteiger partial charge in [0.1, 0.15) is 0 Å². The van der Waals surface area contributed by atoms with Crippen molar-refractivity contribution >= 4 is 17.1 Å². The molecular weight excluding hydrogens is 370 g/mol. The second kappa shape index (κ2) is 7.97. The number of benzene rings is 1. The fourth-order valence-corrected chi connectivity index (χ4v) is 4.58. The Labute approximate surface area is 169 Å². The monoisotopic (exact) mass is 395 g/mol. The number of hydrogen-bond donors (Lipinski definition) is 0. The molecule has 28 heavy (non-hydrogen) atoms. The van der Waals surface area contributed by atoms with Crippen LogP contribution < -0.4 is 0 Å². The maximum Gasteiger partial charge on any atom is 0.244 e. The number of thiophene rings is 1. The highest BCUT2D eigenvalue weighted by Crippen LogP contribution is 2.30. The van der Waals surface area contributed by atoms with E-state index in [0.29, 0.717) is 11.7 Å². The third kappa shape index (κ3) is 3.80. The van der Waals surface area contributed by atoms with Crippen LogP contribution in [0.4, 0.5) is 0 Å². The first-order chi connectivity index (χ1) is 13.5. The first-order valence-corrected chi connectivity index (χ1v) is 10.6. The van der Waals surface area contributed by atoms with E-state index < -0.39 is 0 Å². The number of ketones is 1. The van der Waals surface area contributed by atoms with Gasteiger partial charge in [0, 0.05) is 11.5 Å². The molecule has 0 bridgehead atoms. The first-order valence-electron chi connectivity index (χ1n) is 9.76. The standard InChI is InChI=1S/C22H25N3O2S/c1-14-6-7-18(15(2)13-14)20(26)17-8-10-25(11-9-17)16(3)22-23-21(24-27-22)19-5-4-12-28-19/h4-7,12-13,16-17H,8-11H2,1-3H3. The molecule has 1 aromatic carbocycles. The molecule has 1 unspecified atom stereocenters. The van der Waals surface area contributed by atoms with Crippen LogP contribution in [0.2, 0.25) is 0 Å². The van der Waals surface area contributed by atoms with E-state index in [1.54, 1.807) is 11.3 Å². The molecule has 0 amide bonds. The van der Waals surface area contributed by atoms with Gasteiger partial charge in [0.2, 0.25) is 11.7 Å². The minimum Gasteiger partial charge on any atom is -0.337 e. The summed E-state index contributed by atoms with van der Waals surface area (Å²) >= 11 is 1.60. The maximum absolute atomic E-state index is 13.0. The van der Waals surface area contributed by atoms with Crippen LogP contribution in [0.25, 0.3) is 10.7 Å². The number of hydrogen-bond acceptors (Lipinski definition) is 6. The zero-order valence-corrected chi connectivity index (χ0v) is 17.3. The molecule has 5 nitrogen and oxygen atoms in total. The van der Waals surface area contributed by atoms with Gasteiger partial charge in [0.15, 0.2) is 5.78 Å². The van der Waals surface area contributed by atoms with E-state index in [9.17, 15) is 4.79 Å². The number of nitrogens with zero attached hydrogens (tertiary/aromatic N) is 3. The summed E-state index contributed by atoms with van der Waals surface area (Å²) in [6.45, 7) is 7.90. The normalized spacial score (nSPS) is 17.0. The fraction of sp³-hybridized carbons (Fsp3) is 0.409. The van der Waals surface area contributed by atoms with Crippen molar-refractivity contribution in [3.63, 3.8) is 0 Å². The lowest BCUT2D eigenvalue weighted by molar-refractivity contribution is 0.0774. The average molecular weight is 396 g/mol. The van der Waals surface area contributed by atoms with Crippen molar-refractivity contribution in [2.45, 2.75) is 39.7 Å². The van der Waals surface area contributed by atoms with Crippen LogP contribution in [0.1, 0.15) is 53.2 Å². The third-order valence-corrected chi connectivity index (χ3v) is 6.50. The van der Waals surface area contributed by atoms with E-state index in [1.165, 1.54) is 5.56 Å². The predicted molar refractivity (Wildman–Crippen MR) is 111 cm³/mol. The van der Waals surface area contributed by atoms with Crippen molar-refractivity contribution in [1.29, 1.82) is 0 Å². The predicted octanol–water partition coefficient (Wildman–Crippen LogP) is 5.07. The highest BCUT2D eigenvalue weighted by atomic mass is 32.1. The zero-order chi connectivity index (χ0) is 19.7. The summed E-state index contributed by atoms with van der Waals surface area (Å²) < 4.78 is 5.51. The molecule has 1 fully saturated rings. The summed E-state index contributed by atoms with van der Waals surface area (Å²) in [7, 11) is 0. The molecular formula is C22H25N3O2S. The van der Waals surface area contributed by atoms with Crippen LogP contribution >= 0.6 is 11.3 Å². The van der Waals surface area contributed by atoms with Crippen LogP contribution in [0.5, 0.6) is 0 Å². The van der Waals surface area contributed by atoms with Crippen molar-refractivity contribution in [2.75, 3.05) is 13.1 Å². The molecule has 0 saturated carbocycles. The summed E-state index contributed by atoms with van der Waals surface area (Å²) in [5.41, 5.74) is 3.14. The number of aryl methyl sites for hydroxylation is 2. The fourth-order valence-electron chi connectivity index (χ4n) is 3.93. The number of aromatic nitrogens is 2. The maximum atomic E-state index is 13.0.